The van der Waals surface area contributed by atoms with E-state index in [1.54, 1.807) is 0 Å². The van der Waals surface area contributed by atoms with Crippen molar-refractivity contribution in [1.82, 2.24) is 5.32 Å². The minimum atomic E-state index is -0.143. The highest BCUT2D eigenvalue weighted by molar-refractivity contribution is 4.89. The minimum Gasteiger partial charge on any atom is -0.379 e. The zero-order chi connectivity index (χ0) is 12.8. The number of hydrogen-bond donors (Lipinski definition) is 1. The third kappa shape index (κ3) is 11.7. The maximum Gasteiger partial charge on any atom is 0.119 e. The van der Waals surface area contributed by atoms with Gasteiger partial charge in [-0.3, -0.25) is 0 Å². The van der Waals surface area contributed by atoms with Gasteiger partial charge in [0, 0.05) is 6.61 Å². The molecule has 0 aliphatic rings. The highest BCUT2D eigenvalue weighted by atomic mass is 16.5. The number of nitrogens with one attached hydrogen (secondary N) is 1. The number of nitrogens with zero attached hydrogens (tertiary/aromatic N) is 1. The lowest BCUT2D eigenvalue weighted by Crippen LogP contribution is -2.32. The summed E-state index contributed by atoms with van der Waals surface area (Å²) in [5, 5.41) is 12.0. The van der Waals surface area contributed by atoms with Crippen molar-refractivity contribution in [2.75, 3.05) is 19.8 Å². The molecule has 0 radical (unpaired) electrons. The molecule has 3 heteroatoms. The molecule has 0 amide bonds. The van der Waals surface area contributed by atoms with Gasteiger partial charge >= 0.3 is 0 Å². The van der Waals surface area contributed by atoms with Crippen molar-refractivity contribution in [1.29, 1.82) is 5.26 Å². The molecule has 0 aromatic heterocycles. The lowest BCUT2D eigenvalue weighted by Gasteiger charge is -2.11. The molecule has 0 saturated carbocycles. The lowest BCUT2D eigenvalue weighted by molar-refractivity contribution is 0.119. The molecule has 0 aromatic rings. The van der Waals surface area contributed by atoms with Crippen LogP contribution in [0.25, 0.3) is 0 Å². The highest BCUT2D eigenvalue weighted by Gasteiger charge is 2.04. The third-order valence-electron chi connectivity index (χ3n) is 2.72. The Morgan fingerprint density at radius 3 is 2.41 bits per heavy atom. The molecular formula is C14H28N2O. The number of rotatable bonds is 12. The first-order valence-electron chi connectivity index (χ1n) is 7.05. The average molecular weight is 240 g/mol. The molecular weight excluding hydrogens is 212 g/mol. The summed E-state index contributed by atoms with van der Waals surface area (Å²) in [6.45, 7) is 6.52. The molecule has 1 atom stereocenters. The molecule has 0 bridgehead atoms. The fraction of sp³-hybridized carbons (Fsp3) is 0.929. The van der Waals surface area contributed by atoms with Crippen molar-refractivity contribution >= 4 is 0 Å². The van der Waals surface area contributed by atoms with Crippen LogP contribution in [0.5, 0.6) is 0 Å². The van der Waals surface area contributed by atoms with E-state index < -0.39 is 0 Å². The Balaban J connectivity index is 3.22. The fourth-order valence-corrected chi connectivity index (χ4v) is 1.65. The molecule has 0 saturated heterocycles. The Hall–Kier alpha value is -0.590. The van der Waals surface area contributed by atoms with Gasteiger partial charge in [-0.2, -0.15) is 5.26 Å². The molecule has 100 valence electrons. The molecule has 0 rings (SSSR count). The van der Waals surface area contributed by atoms with E-state index in [4.69, 9.17) is 10.00 Å². The summed E-state index contributed by atoms with van der Waals surface area (Å²) >= 11 is 0. The topological polar surface area (TPSA) is 45.0 Å². The molecule has 0 aliphatic heterocycles. The van der Waals surface area contributed by atoms with Gasteiger partial charge in [0.1, 0.15) is 6.04 Å². The zero-order valence-electron chi connectivity index (χ0n) is 11.5. The summed E-state index contributed by atoms with van der Waals surface area (Å²) in [5.41, 5.74) is 0. The maximum atomic E-state index is 8.86. The second kappa shape index (κ2) is 13.5. The molecule has 0 fully saturated rings. The number of unbranched alkanes of at least 4 members (excludes halogenated alkanes) is 5. The van der Waals surface area contributed by atoms with Crippen LogP contribution in [0.4, 0.5) is 0 Å². The second-order valence-corrected chi connectivity index (χ2v) is 4.48. The molecule has 0 heterocycles. The van der Waals surface area contributed by atoms with Crippen LogP contribution in [0.1, 0.15) is 58.8 Å². The highest BCUT2D eigenvalue weighted by Crippen LogP contribution is 2.04. The Morgan fingerprint density at radius 2 is 1.76 bits per heavy atom. The smallest absolute Gasteiger partial charge is 0.119 e. The lowest BCUT2D eigenvalue weighted by atomic mass is 10.1. The van der Waals surface area contributed by atoms with Crippen LogP contribution in [0.3, 0.4) is 0 Å². The molecule has 3 nitrogen and oxygen atoms in total. The largest absolute Gasteiger partial charge is 0.379 e. The van der Waals surface area contributed by atoms with Crippen LogP contribution in [-0.2, 0) is 4.74 Å². The first kappa shape index (κ1) is 16.4. The van der Waals surface area contributed by atoms with Crippen molar-refractivity contribution in [3.8, 4) is 6.07 Å². The second-order valence-electron chi connectivity index (χ2n) is 4.48. The number of ether oxygens (including phenoxy) is 1. The quantitative estimate of drug-likeness (QED) is 0.533. The van der Waals surface area contributed by atoms with Gasteiger partial charge in [0.05, 0.1) is 12.7 Å². The molecule has 1 N–H and O–H groups in total. The summed E-state index contributed by atoms with van der Waals surface area (Å²) < 4.78 is 5.51. The van der Waals surface area contributed by atoms with Gasteiger partial charge in [-0.25, -0.2) is 0 Å². The van der Waals surface area contributed by atoms with E-state index in [1.807, 2.05) is 0 Å². The van der Waals surface area contributed by atoms with Gasteiger partial charge in [-0.15, -0.1) is 0 Å². The van der Waals surface area contributed by atoms with Crippen molar-refractivity contribution in [2.24, 2.45) is 0 Å². The van der Waals surface area contributed by atoms with Gasteiger partial charge in [0.15, 0.2) is 0 Å². The van der Waals surface area contributed by atoms with Crippen LogP contribution in [0, 0.1) is 11.3 Å². The van der Waals surface area contributed by atoms with Crippen LogP contribution in [-0.4, -0.2) is 25.8 Å². The van der Waals surface area contributed by atoms with Crippen LogP contribution in [0.2, 0.25) is 0 Å². The SMILES string of the molecule is CCCCCCCCOCC(C#N)NCCC. The van der Waals surface area contributed by atoms with Gasteiger partial charge in [-0.1, -0.05) is 46.0 Å². The Bertz CT molecular complexity index is 189. The van der Waals surface area contributed by atoms with Gasteiger partial charge in [-0.05, 0) is 19.4 Å². The molecule has 0 aromatic carbocycles. The first-order valence-corrected chi connectivity index (χ1v) is 7.05. The Kier molecular flexibility index (Phi) is 13.0. The maximum absolute atomic E-state index is 8.86. The molecule has 1 unspecified atom stereocenters. The standard InChI is InChI=1S/C14H28N2O/c1-3-5-6-7-8-9-11-17-13-14(12-15)16-10-4-2/h14,16H,3-11,13H2,1-2H3. The summed E-state index contributed by atoms with van der Waals surface area (Å²) in [7, 11) is 0. The Labute approximate surface area is 107 Å². The normalized spacial score (nSPS) is 12.3. The Morgan fingerprint density at radius 1 is 1.06 bits per heavy atom. The molecule has 0 spiro atoms. The van der Waals surface area contributed by atoms with Crippen molar-refractivity contribution in [2.45, 2.75) is 64.8 Å². The zero-order valence-corrected chi connectivity index (χ0v) is 11.5. The van der Waals surface area contributed by atoms with Gasteiger partial charge < -0.3 is 10.1 Å². The van der Waals surface area contributed by atoms with E-state index >= 15 is 0 Å². The third-order valence-corrected chi connectivity index (χ3v) is 2.72. The van der Waals surface area contributed by atoms with E-state index in [0.717, 1.165) is 26.0 Å². The van der Waals surface area contributed by atoms with E-state index in [1.165, 1.54) is 32.1 Å². The van der Waals surface area contributed by atoms with Crippen LogP contribution in [0.15, 0.2) is 0 Å². The molecule has 17 heavy (non-hydrogen) atoms. The van der Waals surface area contributed by atoms with Crippen LogP contribution >= 0.6 is 0 Å². The van der Waals surface area contributed by atoms with Crippen molar-refractivity contribution < 1.29 is 4.74 Å². The van der Waals surface area contributed by atoms with E-state index in [2.05, 4.69) is 25.2 Å². The first-order chi connectivity index (χ1) is 8.35. The van der Waals surface area contributed by atoms with Crippen LogP contribution < -0.4 is 5.32 Å². The van der Waals surface area contributed by atoms with E-state index in [9.17, 15) is 0 Å². The van der Waals surface area contributed by atoms with Crippen molar-refractivity contribution in [3.05, 3.63) is 0 Å². The summed E-state index contributed by atoms with van der Waals surface area (Å²) in [6, 6.07) is 2.08. The fourth-order valence-electron chi connectivity index (χ4n) is 1.65. The minimum absolute atomic E-state index is 0.143. The van der Waals surface area contributed by atoms with E-state index in [0.29, 0.717) is 6.61 Å². The predicted octanol–water partition coefficient (Wildman–Crippen LogP) is 3.26. The predicted molar refractivity (Wildman–Crippen MR) is 71.9 cm³/mol. The van der Waals surface area contributed by atoms with E-state index in [-0.39, 0.29) is 6.04 Å². The summed E-state index contributed by atoms with van der Waals surface area (Å²) in [5.74, 6) is 0. The number of hydrogen-bond acceptors (Lipinski definition) is 3. The summed E-state index contributed by atoms with van der Waals surface area (Å²) in [6.07, 6.45) is 8.72. The average Bonchev–Trinajstić information content (AvgIpc) is 2.36. The summed E-state index contributed by atoms with van der Waals surface area (Å²) in [4.78, 5) is 0. The monoisotopic (exact) mass is 240 g/mol. The van der Waals surface area contributed by atoms with Gasteiger partial charge in [0.2, 0.25) is 0 Å². The van der Waals surface area contributed by atoms with Gasteiger partial charge in [0.25, 0.3) is 0 Å². The molecule has 0 aliphatic carbocycles. The number of nitriles is 1. The van der Waals surface area contributed by atoms with Crippen molar-refractivity contribution in [3.63, 3.8) is 0 Å².